The van der Waals surface area contributed by atoms with Crippen molar-refractivity contribution in [2.75, 3.05) is 6.54 Å². The summed E-state index contributed by atoms with van der Waals surface area (Å²) in [7, 11) is 0. The summed E-state index contributed by atoms with van der Waals surface area (Å²) >= 11 is 0. The number of nitrogens with zero attached hydrogens (tertiary/aromatic N) is 1. The number of furan rings is 1. The van der Waals surface area contributed by atoms with Crippen LogP contribution in [0, 0.1) is 0 Å². The van der Waals surface area contributed by atoms with Gasteiger partial charge in [0.2, 0.25) is 0 Å². The highest BCUT2D eigenvalue weighted by molar-refractivity contribution is 5.94. The van der Waals surface area contributed by atoms with Gasteiger partial charge >= 0.3 is 6.18 Å². The molecule has 156 valence electrons. The van der Waals surface area contributed by atoms with Crippen LogP contribution in [0.2, 0.25) is 0 Å². The molecule has 3 aromatic rings. The molecular weight excluding hydrogens is 393 g/mol. The minimum atomic E-state index is -4.32. The number of hydrogen-bond donors (Lipinski definition) is 1. The number of rotatable bonds is 5. The van der Waals surface area contributed by atoms with Crippen molar-refractivity contribution in [1.82, 2.24) is 10.2 Å². The predicted molar refractivity (Wildman–Crippen MR) is 106 cm³/mol. The van der Waals surface area contributed by atoms with Crippen LogP contribution in [0.1, 0.15) is 38.4 Å². The molecule has 0 aliphatic carbocycles. The van der Waals surface area contributed by atoms with Crippen LogP contribution in [0.5, 0.6) is 0 Å². The number of amides is 1. The van der Waals surface area contributed by atoms with E-state index in [1.165, 1.54) is 6.07 Å². The van der Waals surface area contributed by atoms with E-state index >= 15 is 0 Å². The second kappa shape index (κ2) is 8.36. The minimum Gasteiger partial charge on any atom is -0.467 e. The maximum Gasteiger partial charge on any atom is 0.416 e. The molecule has 0 unspecified atom stereocenters. The van der Waals surface area contributed by atoms with Gasteiger partial charge in [0.1, 0.15) is 5.76 Å². The van der Waals surface area contributed by atoms with E-state index in [4.69, 9.17) is 4.42 Å². The van der Waals surface area contributed by atoms with Gasteiger partial charge in [0, 0.05) is 25.2 Å². The Kier molecular flexibility index (Phi) is 5.63. The highest BCUT2D eigenvalue weighted by Crippen LogP contribution is 2.32. The van der Waals surface area contributed by atoms with Gasteiger partial charge in [-0.05, 0) is 59.5 Å². The first-order valence-corrected chi connectivity index (χ1v) is 9.69. The molecule has 0 fully saturated rings. The topological polar surface area (TPSA) is 45.5 Å². The van der Waals surface area contributed by atoms with Crippen molar-refractivity contribution in [1.29, 1.82) is 0 Å². The molecule has 0 atom stereocenters. The van der Waals surface area contributed by atoms with Crippen LogP contribution >= 0.6 is 0 Å². The summed E-state index contributed by atoms with van der Waals surface area (Å²) in [5.74, 6) is 0.497. The molecule has 4 nitrogen and oxygen atoms in total. The molecule has 30 heavy (non-hydrogen) atoms. The Morgan fingerprint density at radius 3 is 2.70 bits per heavy atom. The molecule has 0 saturated heterocycles. The van der Waals surface area contributed by atoms with Crippen molar-refractivity contribution in [2.24, 2.45) is 0 Å². The first-order valence-electron chi connectivity index (χ1n) is 9.69. The third-order valence-corrected chi connectivity index (χ3v) is 5.22. The lowest BCUT2D eigenvalue weighted by molar-refractivity contribution is -0.137. The zero-order valence-corrected chi connectivity index (χ0v) is 16.2. The molecule has 1 N–H and O–H groups in total. The Balaban J connectivity index is 1.39. The summed E-state index contributed by atoms with van der Waals surface area (Å²) < 4.78 is 43.9. The van der Waals surface area contributed by atoms with E-state index in [1.807, 2.05) is 18.2 Å². The monoisotopic (exact) mass is 414 g/mol. The number of halogens is 3. The van der Waals surface area contributed by atoms with E-state index in [2.05, 4.69) is 10.2 Å². The Bertz CT molecular complexity index is 1030. The first-order chi connectivity index (χ1) is 14.4. The molecule has 1 aliphatic rings. The summed E-state index contributed by atoms with van der Waals surface area (Å²) in [6.45, 7) is 2.20. The van der Waals surface area contributed by atoms with Crippen LogP contribution in [-0.4, -0.2) is 17.4 Å². The van der Waals surface area contributed by atoms with E-state index in [9.17, 15) is 18.0 Å². The minimum absolute atomic E-state index is 0.183. The Morgan fingerprint density at radius 1 is 1.07 bits per heavy atom. The number of nitrogens with one attached hydrogen (secondary N) is 1. The molecule has 4 rings (SSSR count). The summed E-state index contributed by atoms with van der Waals surface area (Å²) in [5.41, 5.74) is 2.62. The van der Waals surface area contributed by atoms with E-state index in [0.717, 1.165) is 22.8 Å². The molecule has 1 aromatic heterocycles. The van der Waals surface area contributed by atoms with E-state index in [1.54, 1.807) is 30.5 Å². The molecule has 0 spiro atoms. The average molecular weight is 414 g/mol. The standard InChI is InChI=1S/C23H21F3N2O2/c24-23(25,26)20-7-6-19-15-28(9-8-17(19)12-20)14-16-3-1-4-18(11-16)22(29)27-13-21-5-2-10-30-21/h1-7,10-12H,8-9,13-15H2,(H,27,29). The molecular formula is C23H21F3N2O2. The zero-order valence-electron chi connectivity index (χ0n) is 16.2. The third kappa shape index (κ3) is 4.74. The van der Waals surface area contributed by atoms with Crippen LogP contribution in [-0.2, 0) is 32.2 Å². The summed E-state index contributed by atoms with van der Waals surface area (Å²) in [6.07, 6.45) is -2.19. The summed E-state index contributed by atoms with van der Waals surface area (Å²) in [4.78, 5) is 14.6. The normalized spacial score (nSPS) is 14.4. The number of benzene rings is 2. The van der Waals surface area contributed by atoms with E-state index in [0.29, 0.717) is 43.9 Å². The summed E-state index contributed by atoms with van der Waals surface area (Å²) in [5, 5.41) is 2.82. The van der Waals surface area contributed by atoms with Crippen LogP contribution in [0.4, 0.5) is 13.2 Å². The molecule has 1 amide bonds. The Hall–Kier alpha value is -3.06. The van der Waals surface area contributed by atoms with Gasteiger partial charge in [0.15, 0.2) is 0 Å². The van der Waals surface area contributed by atoms with Crippen molar-refractivity contribution in [3.63, 3.8) is 0 Å². The SMILES string of the molecule is O=C(NCc1ccco1)c1cccc(CN2CCc3cc(C(F)(F)F)ccc3C2)c1. The number of hydrogen-bond acceptors (Lipinski definition) is 3. The number of carbonyl (C=O) groups excluding carboxylic acids is 1. The van der Waals surface area contributed by atoms with Crippen molar-refractivity contribution < 1.29 is 22.4 Å². The smallest absolute Gasteiger partial charge is 0.416 e. The maximum atomic E-state index is 12.9. The van der Waals surface area contributed by atoms with E-state index in [-0.39, 0.29) is 5.91 Å². The fourth-order valence-corrected chi connectivity index (χ4v) is 3.67. The van der Waals surface area contributed by atoms with Crippen molar-refractivity contribution in [3.8, 4) is 0 Å². The van der Waals surface area contributed by atoms with Gasteiger partial charge in [0.25, 0.3) is 5.91 Å². The molecule has 0 bridgehead atoms. The van der Waals surface area contributed by atoms with E-state index < -0.39 is 11.7 Å². The van der Waals surface area contributed by atoms with Crippen molar-refractivity contribution >= 4 is 5.91 Å². The largest absolute Gasteiger partial charge is 0.467 e. The Morgan fingerprint density at radius 2 is 1.93 bits per heavy atom. The van der Waals surface area contributed by atoms with Gasteiger partial charge in [-0.1, -0.05) is 18.2 Å². The second-order valence-corrected chi connectivity index (χ2v) is 7.40. The highest BCUT2D eigenvalue weighted by atomic mass is 19.4. The van der Waals surface area contributed by atoms with Crippen LogP contribution in [0.3, 0.4) is 0 Å². The van der Waals surface area contributed by atoms with Gasteiger partial charge in [-0.3, -0.25) is 9.69 Å². The lowest BCUT2D eigenvalue weighted by Gasteiger charge is -2.29. The number of fused-ring (bicyclic) bond motifs is 1. The highest BCUT2D eigenvalue weighted by Gasteiger charge is 2.31. The van der Waals surface area contributed by atoms with Gasteiger partial charge in [-0.15, -0.1) is 0 Å². The zero-order chi connectivity index (χ0) is 21.1. The quantitative estimate of drug-likeness (QED) is 0.653. The molecule has 1 aliphatic heterocycles. The molecule has 2 aromatic carbocycles. The molecule has 7 heteroatoms. The number of alkyl halides is 3. The number of carbonyl (C=O) groups is 1. The average Bonchev–Trinajstić information content (AvgIpc) is 3.25. The third-order valence-electron chi connectivity index (χ3n) is 5.22. The van der Waals surface area contributed by atoms with Crippen LogP contribution in [0.25, 0.3) is 0 Å². The molecule has 0 radical (unpaired) electrons. The van der Waals surface area contributed by atoms with Crippen molar-refractivity contribution in [3.05, 3.63) is 94.4 Å². The first kappa shape index (κ1) is 20.2. The Labute approximate surface area is 172 Å². The second-order valence-electron chi connectivity index (χ2n) is 7.40. The maximum absolute atomic E-state index is 12.9. The lowest BCUT2D eigenvalue weighted by atomic mass is 9.96. The lowest BCUT2D eigenvalue weighted by Crippen LogP contribution is -2.30. The fourth-order valence-electron chi connectivity index (χ4n) is 3.67. The fraction of sp³-hybridized carbons (Fsp3) is 0.261. The molecule has 0 saturated carbocycles. The predicted octanol–water partition coefficient (Wildman–Crippen LogP) is 4.79. The summed E-state index contributed by atoms with van der Waals surface area (Å²) in [6, 6.07) is 14.9. The van der Waals surface area contributed by atoms with Gasteiger partial charge < -0.3 is 9.73 Å². The van der Waals surface area contributed by atoms with Crippen LogP contribution in [0.15, 0.2) is 65.3 Å². The van der Waals surface area contributed by atoms with Gasteiger partial charge in [-0.25, -0.2) is 0 Å². The van der Waals surface area contributed by atoms with Gasteiger partial charge in [0.05, 0.1) is 18.4 Å². The van der Waals surface area contributed by atoms with Gasteiger partial charge in [-0.2, -0.15) is 13.2 Å². The molecule has 2 heterocycles. The van der Waals surface area contributed by atoms with Crippen LogP contribution < -0.4 is 5.32 Å². The van der Waals surface area contributed by atoms with Crippen molar-refractivity contribution in [2.45, 2.75) is 32.2 Å².